The molecule has 1 aromatic carbocycles. The predicted molar refractivity (Wildman–Crippen MR) is 54.8 cm³/mol. The molecule has 0 saturated carbocycles. The fraction of sp³-hybridized carbons (Fsp3) is 0.222. The average Bonchev–Trinajstić information content (AvgIpc) is 2.08. The summed E-state index contributed by atoms with van der Waals surface area (Å²) in [6.07, 6.45) is 0.00204. The second kappa shape index (κ2) is 4.52. The first-order chi connectivity index (χ1) is 6.50. The highest BCUT2D eigenvalue weighted by Gasteiger charge is 2.13. The summed E-state index contributed by atoms with van der Waals surface area (Å²) in [5.41, 5.74) is 11.2. The third-order valence-corrected chi connectivity index (χ3v) is 2.50. The van der Waals surface area contributed by atoms with Crippen LogP contribution in [-0.4, -0.2) is 5.91 Å². The molecule has 0 aliphatic carbocycles. The lowest BCUT2D eigenvalue weighted by molar-refractivity contribution is -0.118. The third-order valence-electron chi connectivity index (χ3n) is 1.78. The van der Waals surface area contributed by atoms with Crippen LogP contribution >= 0.6 is 15.9 Å². The maximum Gasteiger partial charge on any atom is 0.219 e. The maximum absolute atomic E-state index is 12.9. The first-order valence-corrected chi connectivity index (χ1v) is 4.79. The van der Waals surface area contributed by atoms with Crippen molar-refractivity contribution in [3.8, 4) is 0 Å². The van der Waals surface area contributed by atoms with Gasteiger partial charge in [0.2, 0.25) is 5.91 Å². The van der Waals surface area contributed by atoms with Crippen LogP contribution in [0.4, 0.5) is 4.39 Å². The molecule has 1 aromatic rings. The molecule has 0 saturated heterocycles. The highest BCUT2D eigenvalue weighted by atomic mass is 79.9. The number of halogens is 2. The number of carbonyl (C=O) groups is 1. The zero-order valence-corrected chi connectivity index (χ0v) is 8.92. The number of hydrogen-bond donors (Lipinski definition) is 2. The summed E-state index contributed by atoms with van der Waals surface area (Å²) in [6.45, 7) is 0. The van der Waals surface area contributed by atoms with Gasteiger partial charge in [-0.3, -0.25) is 4.79 Å². The number of nitrogens with two attached hydrogens (primary N) is 2. The number of primary amides is 1. The van der Waals surface area contributed by atoms with E-state index in [9.17, 15) is 9.18 Å². The van der Waals surface area contributed by atoms with Gasteiger partial charge in [0.05, 0.1) is 0 Å². The molecule has 14 heavy (non-hydrogen) atoms. The molecule has 76 valence electrons. The molecule has 1 atom stereocenters. The van der Waals surface area contributed by atoms with Crippen molar-refractivity contribution in [2.45, 2.75) is 12.5 Å². The standard InChI is InChI=1S/C9H10BrFN2O/c10-7-2-1-5(11)3-6(7)8(12)4-9(13)14/h1-3,8H,4,12H2,(H2,13,14)/t8-/m1/s1. The Morgan fingerprint density at radius 2 is 2.21 bits per heavy atom. The molecule has 0 aliphatic rings. The lowest BCUT2D eigenvalue weighted by Crippen LogP contribution is -2.21. The van der Waals surface area contributed by atoms with Crippen molar-refractivity contribution >= 4 is 21.8 Å². The van der Waals surface area contributed by atoms with E-state index in [0.29, 0.717) is 10.0 Å². The highest BCUT2D eigenvalue weighted by Crippen LogP contribution is 2.24. The van der Waals surface area contributed by atoms with Gasteiger partial charge in [-0.1, -0.05) is 15.9 Å². The molecule has 0 unspecified atom stereocenters. The summed E-state index contributed by atoms with van der Waals surface area (Å²) >= 11 is 3.22. The predicted octanol–water partition coefficient (Wildman–Crippen LogP) is 1.46. The highest BCUT2D eigenvalue weighted by molar-refractivity contribution is 9.10. The Morgan fingerprint density at radius 1 is 1.57 bits per heavy atom. The molecule has 4 N–H and O–H groups in total. The van der Waals surface area contributed by atoms with E-state index in [0.717, 1.165) is 0 Å². The van der Waals surface area contributed by atoms with E-state index in [1.807, 2.05) is 0 Å². The van der Waals surface area contributed by atoms with Crippen molar-refractivity contribution < 1.29 is 9.18 Å². The van der Waals surface area contributed by atoms with Gasteiger partial charge in [-0.25, -0.2) is 4.39 Å². The van der Waals surface area contributed by atoms with Gasteiger partial charge < -0.3 is 11.5 Å². The minimum absolute atomic E-state index is 0.00204. The molecular formula is C9H10BrFN2O. The van der Waals surface area contributed by atoms with Crippen LogP contribution in [0.3, 0.4) is 0 Å². The Balaban J connectivity index is 2.93. The van der Waals surface area contributed by atoms with Crippen LogP contribution in [0.15, 0.2) is 22.7 Å². The van der Waals surface area contributed by atoms with E-state index in [1.54, 1.807) is 6.07 Å². The molecule has 0 bridgehead atoms. The minimum atomic E-state index is -0.572. The van der Waals surface area contributed by atoms with Gasteiger partial charge >= 0.3 is 0 Å². The normalized spacial score (nSPS) is 12.5. The first-order valence-electron chi connectivity index (χ1n) is 3.99. The summed E-state index contributed by atoms with van der Waals surface area (Å²) in [5, 5.41) is 0. The van der Waals surface area contributed by atoms with Crippen molar-refractivity contribution in [2.24, 2.45) is 11.5 Å². The Kier molecular flexibility index (Phi) is 3.60. The number of amides is 1. The molecule has 0 radical (unpaired) electrons. The van der Waals surface area contributed by atoms with E-state index in [-0.39, 0.29) is 12.2 Å². The summed E-state index contributed by atoms with van der Waals surface area (Å²) < 4.78 is 13.5. The quantitative estimate of drug-likeness (QED) is 0.864. The van der Waals surface area contributed by atoms with Crippen LogP contribution in [0.1, 0.15) is 18.0 Å². The molecule has 3 nitrogen and oxygen atoms in total. The Labute approximate surface area is 89.4 Å². The van der Waals surface area contributed by atoms with Gasteiger partial charge in [-0.05, 0) is 23.8 Å². The van der Waals surface area contributed by atoms with Crippen molar-refractivity contribution in [1.29, 1.82) is 0 Å². The van der Waals surface area contributed by atoms with Gasteiger partial charge in [0, 0.05) is 16.9 Å². The van der Waals surface area contributed by atoms with Crippen LogP contribution in [0.25, 0.3) is 0 Å². The number of carbonyl (C=O) groups excluding carboxylic acids is 1. The van der Waals surface area contributed by atoms with E-state index >= 15 is 0 Å². The van der Waals surface area contributed by atoms with Gasteiger partial charge in [0.1, 0.15) is 5.82 Å². The summed E-state index contributed by atoms with van der Waals surface area (Å²) in [6, 6.07) is 3.57. The van der Waals surface area contributed by atoms with E-state index in [1.165, 1.54) is 12.1 Å². The molecule has 0 spiro atoms. The second-order valence-electron chi connectivity index (χ2n) is 2.94. The van der Waals surface area contributed by atoms with E-state index in [4.69, 9.17) is 11.5 Å². The van der Waals surface area contributed by atoms with Crippen LogP contribution < -0.4 is 11.5 Å². The van der Waals surface area contributed by atoms with Crippen molar-refractivity contribution in [1.82, 2.24) is 0 Å². The smallest absolute Gasteiger partial charge is 0.219 e. The Bertz CT molecular complexity index is 357. The third kappa shape index (κ3) is 2.78. The van der Waals surface area contributed by atoms with Crippen LogP contribution in [0.2, 0.25) is 0 Å². The number of benzene rings is 1. The SMILES string of the molecule is NC(=O)C[C@@H](N)c1cc(F)ccc1Br. The lowest BCUT2D eigenvalue weighted by atomic mass is 10.0. The van der Waals surface area contributed by atoms with Crippen LogP contribution in [-0.2, 0) is 4.79 Å². The van der Waals surface area contributed by atoms with Gasteiger partial charge in [-0.2, -0.15) is 0 Å². The lowest BCUT2D eigenvalue weighted by Gasteiger charge is -2.11. The number of hydrogen-bond acceptors (Lipinski definition) is 2. The minimum Gasteiger partial charge on any atom is -0.370 e. The molecule has 0 aromatic heterocycles. The number of rotatable bonds is 3. The summed E-state index contributed by atoms with van der Waals surface area (Å²) in [7, 11) is 0. The fourth-order valence-corrected chi connectivity index (χ4v) is 1.67. The molecule has 1 rings (SSSR count). The molecular weight excluding hydrogens is 251 g/mol. The van der Waals surface area contributed by atoms with Gasteiger partial charge in [0.15, 0.2) is 0 Å². The monoisotopic (exact) mass is 260 g/mol. The molecule has 0 aliphatic heterocycles. The zero-order chi connectivity index (χ0) is 10.7. The Morgan fingerprint density at radius 3 is 2.79 bits per heavy atom. The molecule has 0 heterocycles. The van der Waals surface area contributed by atoms with Gasteiger partial charge in [-0.15, -0.1) is 0 Å². The topological polar surface area (TPSA) is 69.1 Å². The van der Waals surface area contributed by atoms with Crippen molar-refractivity contribution in [3.63, 3.8) is 0 Å². The molecule has 0 fully saturated rings. The molecule has 5 heteroatoms. The summed E-state index contributed by atoms with van der Waals surface area (Å²) in [5.74, 6) is -0.892. The Hall–Kier alpha value is -0.940. The van der Waals surface area contributed by atoms with Crippen molar-refractivity contribution in [3.05, 3.63) is 34.1 Å². The second-order valence-corrected chi connectivity index (χ2v) is 3.80. The summed E-state index contributed by atoms with van der Waals surface area (Å²) in [4.78, 5) is 10.6. The van der Waals surface area contributed by atoms with Crippen molar-refractivity contribution in [2.75, 3.05) is 0 Å². The first kappa shape index (κ1) is 11.1. The average molecular weight is 261 g/mol. The fourth-order valence-electron chi connectivity index (χ4n) is 1.13. The van der Waals surface area contributed by atoms with Crippen LogP contribution in [0.5, 0.6) is 0 Å². The van der Waals surface area contributed by atoms with Gasteiger partial charge in [0.25, 0.3) is 0 Å². The molecule has 1 amide bonds. The van der Waals surface area contributed by atoms with Crippen LogP contribution in [0, 0.1) is 5.82 Å². The van der Waals surface area contributed by atoms with E-state index in [2.05, 4.69) is 15.9 Å². The largest absolute Gasteiger partial charge is 0.370 e. The zero-order valence-electron chi connectivity index (χ0n) is 7.34. The maximum atomic E-state index is 12.9. The van der Waals surface area contributed by atoms with E-state index < -0.39 is 11.9 Å².